The summed E-state index contributed by atoms with van der Waals surface area (Å²) < 4.78 is 0. The van der Waals surface area contributed by atoms with Gasteiger partial charge < -0.3 is 10.2 Å². The van der Waals surface area contributed by atoms with Crippen molar-refractivity contribution < 1.29 is 15.0 Å². The Bertz CT molecular complexity index is 551. The predicted octanol–water partition coefficient (Wildman–Crippen LogP) is 2.54. The molecule has 1 aromatic heterocycles. The van der Waals surface area contributed by atoms with Gasteiger partial charge in [-0.3, -0.25) is 5.32 Å². The first kappa shape index (κ1) is 13.6. The number of phenolic OH excluding ortho intramolecular Hbond substituents is 1. The second kappa shape index (κ2) is 5.42. The number of nitrogens with one attached hydrogen (secondary N) is 1. The van der Waals surface area contributed by atoms with Gasteiger partial charge in [0.05, 0.1) is 0 Å². The van der Waals surface area contributed by atoms with E-state index < -0.39 is 11.5 Å². The topological polar surface area (TPSA) is 69.6 Å². The monoisotopic (exact) mass is 277 g/mol. The van der Waals surface area contributed by atoms with Gasteiger partial charge >= 0.3 is 5.97 Å². The first-order valence-electron chi connectivity index (χ1n) is 5.82. The molecule has 1 atom stereocenters. The Hall–Kier alpha value is -1.85. The molecule has 1 unspecified atom stereocenters. The molecule has 2 aromatic rings. The van der Waals surface area contributed by atoms with E-state index in [1.807, 2.05) is 17.5 Å². The lowest BCUT2D eigenvalue weighted by molar-refractivity contribution is -0.144. The fourth-order valence-corrected chi connectivity index (χ4v) is 2.42. The smallest absolute Gasteiger partial charge is 0.328 e. The zero-order valence-electron chi connectivity index (χ0n) is 10.5. The summed E-state index contributed by atoms with van der Waals surface area (Å²) in [6.07, 6.45) is 0. The number of thiophene rings is 1. The molecule has 4 nitrogen and oxygen atoms in total. The molecule has 0 fully saturated rings. The van der Waals surface area contributed by atoms with E-state index in [2.05, 4.69) is 5.32 Å². The Kier molecular flexibility index (Phi) is 3.87. The Labute approximate surface area is 115 Å². The molecule has 0 spiro atoms. The van der Waals surface area contributed by atoms with Crippen LogP contribution in [-0.2, 0) is 16.9 Å². The third-order valence-electron chi connectivity index (χ3n) is 3.07. The summed E-state index contributed by atoms with van der Waals surface area (Å²) in [5.74, 6) is -0.829. The van der Waals surface area contributed by atoms with Gasteiger partial charge in [0.15, 0.2) is 0 Å². The van der Waals surface area contributed by atoms with Gasteiger partial charge in [0.25, 0.3) is 0 Å². The van der Waals surface area contributed by atoms with Gasteiger partial charge in [0.2, 0.25) is 0 Å². The lowest BCUT2D eigenvalue weighted by Crippen LogP contribution is -2.46. The Balaban J connectivity index is 2.22. The molecule has 0 aliphatic rings. The third-order valence-corrected chi connectivity index (χ3v) is 3.95. The highest BCUT2D eigenvalue weighted by atomic mass is 32.1. The number of hydrogen-bond donors (Lipinski definition) is 3. The highest BCUT2D eigenvalue weighted by molar-refractivity contribution is 7.09. The molecule has 0 amide bonds. The largest absolute Gasteiger partial charge is 0.508 e. The number of carbonyl (C=O) groups is 1. The summed E-state index contributed by atoms with van der Waals surface area (Å²) in [4.78, 5) is 12.6. The van der Waals surface area contributed by atoms with E-state index >= 15 is 0 Å². The summed E-state index contributed by atoms with van der Waals surface area (Å²) >= 11 is 1.58. The van der Waals surface area contributed by atoms with Gasteiger partial charge in [0.1, 0.15) is 11.3 Å². The number of aliphatic carboxylic acids is 1. The number of benzene rings is 1. The quantitative estimate of drug-likeness (QED) is 0.785. The minimum absolute atomic E-state index is 0.120. The van der Waals surface area contributed by atoms with E-state index in [0.29, 0.717) is 12.1 Å². The summed E-state index contributed by atoms with van der Waals surface area (Å²) in [7, 11) is 0. The molecule has 3 N–H and O–H groups in total. The molecule has 100 valence electrons. The van der Waals surface area contributed by atoms with Gasteiger partial charge in [-0.2, -0.15) is 0 Å². The molecule has 1 heterocycles. The van der Waals surface area contributed by atoms with Gasteiger partial charge in [0, 0.05) is 11.4 Å². The summed E-state index contributed by atoms with van der Waals surface area (Å²) in [6.45, 7) is 2.11. The van der Waals surface area contributed by atoms with Crippen molar-refractivity contribution in [2.45, 2.75) is 19.0 Å². The number of carboxylic acids is 1. The zero-order chi connectivity index (χ0) is 13.9. The minimum Gasteiger partial charge on any atom is -0.508 e. The summed E-state index contributed by atoms with van der Waals surface area (Å²) in [5, 5.41) is 23.8. The number of phenols is 1. The Morgan fingerprint density at radius 1 is 1.32 bits per heavy atom. The molecular weight excluding hydrogens is 262 g/mol. The van der Waals surface area contributed by atoms with Crippen LogP contribution in [0.4, 0.5) is 0 Å². The standard InChI is InChI=1S/C14H15NO3S/c1-14(13(17)18,10-4-6-11(16)7-5-10)15-9-12-3-2-8-19-12/h2-8,15-16H,9H2,1H3,(H,17,18). The summed E-state index contributed by atoms with van der Waals surface area (Å²) in [5.41, 5.74) is -0.577. The predicted molar refractivity (Wildman–Crippen MR) is 74.3 cm³/mol. The van der Waals surface area contributed by atoms with Crippen molar-refractivity contribution in [2.75, 3.05) is 0 Å². The zero-order valence-corrected chi connectivity index (χ0v) is 11.3. The number of aromatic hydroxyl groups is 1. The lowest BCUT2D eigenvalue weighted by atomic mass is 9.92. The van der Waals surface area contributed by atoms with Crippen LogP contribution in [0.5, 0.6) is 5.75 Å². The summed E-state index contributed by atoms with van der Waals surface area (Å²) in [6, 6.07) is 10.1. The molecule has 0 saturated carbocycles. The van der Waals surface area contributed by atoms with Gasteiger partial charge in [-0.15, -0.1) is 11.3 Å². The van der Waals surface area contributed by atoms with Crippen molar-refractivity contribution in [1.29, 1.82) is 0 Å². The van der Waals surface area contributed by atoms with Gasteiger partial charge in [-0.25, -0.2) is 4.79 Å². The van der Waals surface area contributed by atoms with E-state index in [9.17, 15) is 15.0 Å². The van der Waals surface area contributed by atoms with Gasteiger partial charge in [-0.1, -0.05) is 18.2 Å². The minimum atomic E-state index is -1.18. The number of carboxylic acid groups (broad SMARTS) is 1. The second-order valence-corrected chi connectivity index (χ2v) is 5.44. The first-order valence-corrected chi connectivity index (χ1v) is 6.70. The third kappa shape index (κ3) is 2.94. The van der Waals surface area contributed by atoms with E-state index in [1.165, 1.54) is 12.1 Å². The highest BCUT2D eigenvalue weighted by Gasteiger charge is 2.34. The molecule has 0 saturated heterocycles. The van der Waals surface area contributed by atoms with Crippen LogP contribution in [0.2, 0.25) is 0 Å². The maximum Gasteiger partial charge on any atom is 0.328 e. The second-order valence-electron chi connectivity index (χ2n) is 4.41. The van der Waals surface area contributed by atoms with Crippen LogP contribution in [-0.4, -0.2) is 16.2 Å². The molecule has 19 heavy (non-hydrogen) atoms. The van der Waals surface area contributed by atoms with E-state index in [0.717, 1.165) is 4.88 Å². The van der Waals surface area contributed by atoms with Crippen molar-refractivity contribution in [3.8, 4) is 5.75 Å². The van der Waals surface area contributed by atoms with Crippen LogP contribution in [0.15, 0.2) is 41.8 Å². The van der Waals surface area contributed by atoms with Crippen LogP contribution in [0.25, 0.3) is 0 Å². The SMILES string of the molecule is CC(NCc1cccs1)(C(=O)O)c1ccc(O)cc1. The van der Waals surface area contributed by atoms with E-state index in [1.54, 1.807) is 30.4 Å². The van der Waals surface area contributed by atoms with Crippen LogP contribution >= 0.6 is 11.3 Å². The van der Waals surface area contributed by atoms with Crippen LogP contribution in [0.3, 0.4) is 0 Å². The molecule has 2 rings (SSSR count). The fourth-order valence-electron chi connectivity index (χ4n) is 1.77. The van der Waals surface area contributed by atoms with E-state index in [4.69, 9.17) is 0 Å². The van der Waals surface area contributed by atoms with Crippen molar-refractivity contribution in [1.82, 2.24) is 5.32 Å². The number of hydrogen-bond acceptors (Lipinski definition) is 4. The fraction of sp³-hybridized carbons (Fsp3) is 0.214. The Morgan fingerprint density at radius 2 is 2.00 bits per heavy atom. The average Bonchev–Trinajstić information content (AvgIpc) is 2.89. The molecule has 0 bridgehead atoms. The molecule has 5 heteroatoms. The molecule has 0 aliphatic heterocycles. The van der Waals surface area contributed by atoms with E-state index in [-0.39, 0.29) is 5.75 Å². The Morgan fingerprint density at radius 3 is 2.53 bits per heavy atom. The maximum absolute atomic E-state index is 11.5. The lowest BCUT2D eigenvalue weighted by Gasteiger charge is -2.26. The van der Waals surface area contributed by atoms with Crippen LogP contribution in [0.1, 0.15) is 17.4 Å². The average molecular weight is 277 g/mol. The van der Waals surface area contributed by atoms with Crippen molar-refractivity contribution in [2.24, 2.45) is 0 Å². The molecular formula is C14H15NO3S. The van der Waals surface area contributed by atoms with Crippen LogP contribution < -0.4 is 5.32 Å². The van der Waals surface area contributed by atoms with Crippen molar-refractivity contribution in [3.63, 3.8) is 0 Å². The number of rotatable bonds is 5. The molecule has 1 aromatic carbocycles. The normalized spacial score (nSPS) is 13.9. The van der Waals surface area contributed by atoms with Crippen molar-refractivity contribution >= 4 is 17.3 Å². The molecule has 0 radical (unpaired) electrons. The van der Waals surface area contributed by atoms with Crippen LogP contribution in [0, 0.1) is 0 Å². The van der Waals surface area contributed by atoms with Gasteiger partial charge in [-0.05, 0) is 36.1 Å². The maximum atomic E-state index is 11.5. The first-order chi connectivity index (χ1) is 9.02. The highest BCUT2D eigenvalue weighted by Crippen LogP contribution is 2.24. The van der Waals surface area contributed by atoms with Crippen molar-refractivity contribution in [3.05, 3.63) is 52.2 Å². The molecule has 0 aliphatic carbocycles.